The molecular weight excluding hydrogens is 320 g/mol. The second-order valence-electron chi connectivity index (χ2n) is 6.30. The number of amides is 1. The van der Waals surface area contributed by atoms with Crippen molar-refractivity contribution in [2.75, 3.05) is 46.4 Å². The van der Waals surface area contributed by atoms with Crippen molar-refractivity contribution in [3.8, 4) is 5.75 Å². The smallest absolute Gasteiger partial charge is 0.320 e. The van der Waals surface area contributed by atoms with E-state index in [0.717, 1.165) is 36.4 Å². The summed E-state index contributed by atoms with van der Waals surface area (Å²) in [5.41, 5.74) is 2.02. The lowest BCUT2D eigenvalue weighted by atomic mass is 10.1. The summed E-state index contributed by atoms with van der Waals surface area (Å²) < 4.78 is 10.3. The van der Waals surface area contributed by atoms with Crippen molar-refractivity contribution in [1.29, 1.82) is 0 Å². The van der Waals surface area contributed by atoms with Gasteiger partial charge in [-0.1, -0.05) is 12.1 Å². The van der Waals surface area contributed by atoms with Crippen molar-refractivity contribution in [2.24, 2.45) is 0 Å². The van der Waals surface area contributed by atoms with Crippen molar-refractivity contribution in [1.82, 2.24) is 9.80 Å². The standard InChI is InChI=1S/C19H28N2O4/c1-4-25-19(23)14-20-8-5-9-21(11-10-20)18(22)13-16-7-6-15(2)17(12-16)24-3/h6-7,12H,4-5,8-11,13-14H2,1-3H3. The van der Waals surface area contributed by atoms with Gasteiger partial charge in [-0.2, -0.15) is 0 Å². The Morgan fingerprint density at radius 3 is 2.68 bits per heavy atom. The van der Waals surface area contributed by atoms with Gasteiger partial charge in [-0.25, -0.2) is 0 Å². The van der Waals surface area contributed by atoms with Crippen molar-refractivity contribution in [3.63, 3.8) is 0 Å². The normalized spacial score (nSPS) is 15.6. The van der Waals surface area contributed by atoms with Gasteiger partial charge in [0.1, 0.15) is 5.75 Å². The predicted octanol–water partition coefficient (Wildman–Crippen LogP) is 1.64. The lowest BCUT2D eigenvalue weighted by Gasteiger charge is -2.21. The molecule has 0 bridgehead atoms. The van der Waals surface area contributed by atoms with Gasteiger partial charge < -0.3 is 14.4 Å². The monoisotopic (exact) mass is 348 g/mol. The molecule has 0 spiro atoms. The Morgan fingerprint density at radius 1 is 1.16 bits per heavy atom. The molecule has 138 valence electrons. The molecule has 1 saturated heterocycles. The fraction of sp³-hybridized carbons (Fsp3) is 0.579. The Labute approximate surface area is 149 Å². The highest BCUT2D eigenvalue weighted by atomic mass is 16.5. The van der Waals surface area contributed by atoms with Crippen molar-refractivity contribution in [3.05, 3.63) is 29.3 Å². The molecule has 0 aliphatic carbocycles. The summed E-state index contributed by atoms with van der Waals surface area (Å²) in [6.45, 7) is 7.35. The lowest BCUT2D eigenvalue weighted by molar-refractivity contribution is -0.144. The summed E-state index contributed by atoms with van der Waals surface area (Å²) in [6.07, 6.45) is 1.23. The van der Waals surface area contributed by atoms with Crippen LogP contribution in [0.15, 0.2) is 18.2 Å². The van der Waals surface area contributed by atoms with E-state index in [0.29, 0.717) is 32.7 Å². The molecule has 6 heteroatoms. The third-order valence-corrected chi connectivity index (χ3v) is 4.43. The summed E-state index contributed by atoms with van der Waals surface area (Å²) in [7, 11) is 1.64. The number of carbonyl (C=O) groups is 2. The third-order valence-electron chi connectivity index (χ3n) is 4.43. The molecular formula is C19H28N2O4. The van der Waals surface area contributed by atoms with E-state index in [1.165, 1.54) is 0 Å². The Bertz CT molecular complexity index is 603. The number of rotatable bonds is 6. The van der Waals surface area contributed by atoms with Gasteiger partial charge in [0.25, 0.3) is 0 Å². The van der Waals surface area contributed by atoms with Gasteiger partial charge in [0.2, 0.25) is 5.91 Å². The molecule has 1 heterocycles. The van der Waals surface area contributed by atoms with Gasteiger partial charge in [0.05, 0.1) is 26.7 Å². The van der Waals surface area contributed by atoms with Crippen molar-refractivity contribution in [2.45, 2.75) is 26.7 Å². The van der Waals surface area contributed by atoms with E-state index in [-0.39, 0.29) is 11.9 Å². The lowest BCUT2D eigenvalue weighted by Crippen LogP contribution is -2.37. The SMILES string of the molecule is CCOC(=O)CN1CCCN(C(=O)Cc2ccc(C)c(OC)c2)CC1. The molecule has 1 aliphatic heterocycles. The van der Waals surface area contributed by atoms with Crippen LogP contribution in [-0.2, 0) is 20.7 Å². The first-order valence-electron chi connectivity index (χ1n) is 8.82. The van der Waals surface area contributed by atoms with Crippen LogP contribution in [0.1, 0.15) is 24.5 Å². The van der Waals surface area contributed by atoms with E-state index < -0.39 is 0 Å². The zero-order valence-electron chi connectivity index (χ0n) is 15.4. The first-order valence-corrected chi connectivity index (χ1v) is 8.82. The van der Waals surface area contributed by atoms with Crippen LogP contribution in [0.5, 0.6) is 5.75 Å². The third kappa shape index (κ3) is 5.74. The number of methoxy groups -OCH3 is 1. The average Bonchev–Trinajstić information content (AvgIpc) is 2.82. The Morgan fingerprint density at radius 2 is 1.96 bits per heavy atom. The number of hydrogen-bond donors (Lipinski definition) is 0. The highest BCUT2D eigenvalue weighted by Crippen LogP contribution is 2.19. The summed E-state index contributed by atoms with van der Waals surface area (Å²) in [4.78, 5) is 28.2. The molecule has 0 N–H and O–H groups in total. The maximum absolute atomic E-state index is 12.6. The molecule has 1 aromatic carbocycles. The first-order chi connectivity index (χ1) is 12.0. The topological polar surface area (TPSA) is 59.1 Å². The molecule has 1 aliphatic rings. The van der Waals surface area contributed by atoms with E-state index >= 15 is 0 Å². The van der Waals surface area contributed by atoms with Crippen LogP contribution in [-0.4, -0.2) is 68.1 Å². The first kappa shape index (κ1) is 19.2. The molecule has 1 aromatic rings. The maximum atomic E-state index is 12.6. The van der Waals surface area contributed by atoms with Crippen LogP contribution in [0.3, 0.4) is 0 Å². The minimum atomic E-state index is -0.200. The summed E-state index contributed by atoms with van der Waals surface area (Å²) in [5, 5.41) is 0. The fourth-order valence-electron chi connectivity index (χ4n) is 3.03. The molecule has 0 atom stereocenters. The fourth-order valence-corrected chi connectivity index (χ4v) is 3.03. The zero-order valence-corrected chi connectivity index (χ0v) is 15.4. The van der Waals surface area contributed by atoms with Crippen molar-refractivity contribution >= 4 is 11.9 Å². The summed E-state index contributed by atoms with van der Waals surface area (Å²) in [6, 6.07) is 5.88. The molecule has 25 heavy (non-hydrogen) atoms. The van der Waals surface area contributed by atoms with Crippen LogP contribution in [0.2, 0.25) is 0 Å². The van der Waals surface area contributed by atoms with Crippen LogP contribution < -0.4 is 4.74 Å². The summed E-state index contributed by atoms with van der Waals surface area (Å²) >= 11 is 0. The number of hydrogen-bond acceptors (Lipinski definition) is 5. The number of carbonyl (C=O) groups excluding carboxylic acids is 2. The highest BCUT2D eigenvalue weighted by molar-refractivity contribution is 5.79. The minimum Gasteiger partial charge on any atom is -0.496 e. The van der Waals surface area contributed by atoms with Crippen LogP contribution in [0.4, 0.5) is 0 Å². The van der Waals surface area contributed by atoms with E-state index in [4.69, 9.17) is 9.47 Å². The largest absolute Gasteiger partial charge is 0.496 e. The highest BCUT2D eigenvalue weighted by Gasteiger charge is 2.21. The molecule has 0 saturated carbocycles. The molecule has 6 nitrogen and oxygen atoms in total. The molecule has 1 amide bonds. The van der Waals surface area contributed by atoms with Gasteiger partial charge in [0, 0.05) is 26.2 Å². The van der Waals surface area contributed by atoms with E-state index in [2.05, 4.69) is 4.90 Å². The number of nitrogens with zero attached hydrogens (tertiary/aromatic N) is 2. The number of aryl methyl sites for hydroxylation is 1. The van der Waals surface area contributed by atoms with Gasteiger partial charge in [-0.15, -0.1) is 0 Å². The summed E-state index contributed by atoms with van der Waals surface area (Å²) in [5.74, 6) is 0.722. The molecule has 0 unspecified atom stereocenters. The molecule has 0 aromatic heterocycles. The Kier molecular flexibility index (Phi) is 7.25. The quantitative estimate of drug-likeness (QED) is 0.732. The molecule has 2 rings (SSSR count). The van der Waals surface area contributed by atoms with Gasteiger partial charge in [-0.05, 0) is 37.5 Å². The van der Waals surface area contributed by atoms with Gasteiger partial charge in [-0.3, -0.25) is 14.5 Å². The van der Waals surface area contributed by atoms with Crippen LogP contribution in [0, 0.1) is 6.92 Å². The molecule has 0 radical (unpaired) electrons. The second-order valence-corrected chi connectivity index (χ2v) is 6.30. The predicted molar refractivity (Wildman–Crippen MR) is 95.7 cm³/mol. The molecule has 1 fully saturated rings. The maximum Gasteiger partial charge on any atom is 0.320 e. The van der Waals surface area contributed by atoms with Gasteiger partial charge >= 0.3 is 5.97 Å². The van der Waals surface area contributed by atoms with E-state index in [1.54, 1.807) is 14.0 Å². The number of ether oxygens (including phenoxy) is 2. The van der Waals surface area contributed by atoms with Crippen LogP contribution in [0.25, 0.3) is 0 Å². The minimum absolute atomic E-state index is 0.115. The van der Waals surface area contributed by atoms with Crippen molar-refractivity contribution < 1.29 is 19.1 Å². The van der Waals surface area contributed by atoms with E-state index in [9.17, 15) is 9.59 Å². The van der Waals surface area contributed by atoms with Crippen LogP contribution >= 0.6 is 0 Å². The Balaban J connectivity index is 1.89. The second kappa shape index (κ2) is 9.42. The number of benzene rings is 1. The average molecular weight is 348 g/mol. The van der Waals surface area contributed by atoms with E-state index in [1.807, 2.05) is 30.0 Å². The Hall–Kier alpha value is -2.08. The van der Waals surface area contributed by atoms with Gasteiger partial charge in [0.15, 0.2) is 0 Å². The zero-order chi connectivity index (χ0) is 18.2. The number of esters is 1.